The molecule has 32 heavy (non-hydrogen) atoms. The molecule has 0 unspecified atom stereocenters. The van der Waals surface area contributed by atoms with Crippen LogP contribution in [0.5, 0.6) is 11.5 Å². The van der Waals surface area contributed by atoms with Gasteiger partial charge in [-0.1, -0.05) is 12.1 Å². The average Bonchev–Trinajstić information content (AvgIpc) is 2.74. The van der Waals surface area contributed by atoms with Crippen LogP contribution < -0.4 is 20.1 Å². The largest absolute Gasteiger partial charge is 0.496 e. The summed E-state index contributed by atoms with van der Waals surface area (Å²) in [7, 11) is 3.21. The maximum atomic E-state index is 12.3. The summed E-state index contributed by atoms with van der Waals surface area (Å²) < 4.78 is 11.5. The van der Waals surface area contributed by atoms with E-state index in [1.54, 1.807) is 27.2 Å². The fourth-order valence-electron chi connectivity index (χ4n) is 3.65. The fraction of sp³-hybridized carbons (Fsp3) is 0.360. The summed E-state index contributed by atoms with van der Waals surface area (Å²) in [6.45, 7) is 9.23. The summed E-state index contributed by atoms with van der Waals surface area (Å²) in [5.41, 5.74) is 5.72. The number of methoxy groups -OCH3 is 2. The maximum Gasteiger partial charge on any atom is 0.322 e. The number of rotatable bonds is 9. The SMILES string of the molecule is COc1c(C)c(-c2ccc(NC(C)C)cc2)c(OC)c(C)c1C=C(C)C(=O)NCC(=O)O. The Morgan fingerprint density at radius 1 is 1.03 bits per heavy atom. The van der Waals surface area contributed by atoms with E-state index in [-0.39, 0.29) is 0 Å². The predicted molar refractivity (Wildman–Crippen MR) is 128 cm³/mol. The number of carboxylic acids is 1. The summed E-state index contributed by atoms with van der Waals surface area (Å²) in [5.74, 6) is -0.231. The van der Waals surface area contributed by atoms with E-state index in [4.69, 9.17) is 14.6 Å². The molecule has 0 bridgehead atoms. The van der Waals surface area contributed by atoms with Crippen LogP contribution in [0.3, 0.4) is 0 Å². The van der Waals surface area contributed by atoms with Gasteiger partial charge in [0.1, 0.15) is 18.0 Å². The van der Waals surface area contributed by atoms with Crippen LogP contribution in [0.4, 0.5) is 5.69 Å². The highest BCUT2D eigenvalue weighted by molar-refractivity contribution is 5.99. The molecular formula is C25H32N2O5. The molecule has 0 saturated heterocycles. The number of nitrogens with one attached hydrogen (secondary N) is 2. The van der Waals surface area contributed by atoms with Crippen molar-refractivity contribution in [1.29, 1.82) is 0 Å². The second-order valence-electron chi connectivity index (χ2n) is 7.89. The van der Waals surface area contributed by atoms with E-state index in [0.717, 1.165) is 27.9 Å². The molecule has 0 aliphatic heterocycles. The van der Waals surface area contributed by atoms with E-state index in [1.165, 1.54) is 0 Å². The molecule has 0 aliphatic rings. The normalized spacial score (nSPS) is 11.3. The molecular weight excluding hydrogens is 408 g/mol. The minimum absolute atomic E-state index is 0.335. The summed E-state index contributed by atoms with van der Waals surface area (Å²) >= 11 is 0. The lowest BCUT2D eigenvalue weighted by Crippen LogP contribution is -2.29. The van der Waals surface area contributed by atoms with E-state index >= 15 is 0 Å². The molecule has 0 radical (unpaired) electrons. The number of ether oxygens (including phenoxy) is 2. The molecule has 0 spiro atoms. The van der Waals surface area contributed by atoms with E-state index in [1.807, 2.05) is 38.1 Å². The van der Waals surface area contributed by atoms with Crippen LogP contribution in [-0.2, 0) is 9.59 Å². The van der Waals surface area contributed by atoms with Gasteiger partial charge in [-0.3, -0.25) is 9.59 Å². The minimum Gasteiger partial charge on any atom is -0.496 e. The molecule has 3 N–H and O–H groups in total. The smallest absolute Gasteiger partial charge is 0.322 e. The number of benzene rings is 2. The Balaban J connectivity index is 2.59. The van der Waals surface area contributed by atoms with E-state index < -0.39 is 18.4 Å². The zero-order valence-electron chi connectivity index (χ0n) is 19.8. The molecule has 7 heteroatoms. The number of hydrogen-bond acceptors (Lipinski definition) is 5. The molecule has 0 aliphatic carbocycles. The molecule has 0 aromatic heterocycles. The molecule has 0 heterocycles. The van der Waals surface area contributed by atoms with Gasteiger partial charge in [0.2, 0.25) is 5.91 Å². The van der Waals surface area contributed by atoms with Crippen LogP contribution in [0, 0.1) is 13.8 Å². The first-order chi connectivity index (χ1) is 15.1. The van der Waals surface area contributed by atoms with Crippen LogP contribution in [-0.4, -0.2) is 43.8 Å². The third-order valence-electron chi connectivity index (χ3n) is 5.09. The number of amides is 1. The second kappa shape index (κ2) is 10.7. The maximum absolute atomic E-state index is 12.3. The van der Waals surface area contributed by atoms with Crippen molar-refractivity contribution in [2.75, 3.05) is 26.1 Å². The van der Waals surface area contributed by atoms with Crippen LogP contribution in [0.25, 0.3) is 17.2 Å². The Kier molecular flexibility index (Phi) is 8.29. The number of aliphatic carboxylic acids is 1. The first-order valence-corrected chi connectivity index (χ1v) is 10.4. The second-order valence-corrected chi connectivity index (χ2v) is 7.89. The van der Waals surface area contributed by atoms with E-state index in [2.05, 4.69) is 24.5 Å². The Hall–Kier alpha value is -3.48. The number of carbonyl (C=O) groups is 2. The van der Waals surface area contributed by atoms with E-state index in [9.17, 15) is 9.59 Å². The van der Waals surface area contributed by atoms with Crippen LogP contribution in [0.1, 0.15) is 37.5 Å². The summed E-state index contributed by atoms with van der Waals surface area (Å²) in [4.78, 5) is 23.0. The standard InChI is InChI=1S/C25H32N2O5/c1-14(2)27-19-10-8-18(9-11-19)22-17(5)23(31-6)20(16(4)24(22)32-7)12-15(3)25(30)26-13-21(28)29/h8-12,14,27H,13H2,1-7H3,(H,26,30)(H,28,29). The number of hydrogen-bond donors (Lipinski definition) is 3. The summed E-state index contributed by atoms with van der Waals surface area (Å²) in [6.07, 6.45) is 1.69. The highest BCUT2D eigenvalue weighted by atomic mass is 16.5. The van der Waals surface area contributed by atoms with Crippen LogP contribution in [0.15, 0.2) is 29.8 Å². The van der Waals surface area contributed by atoms with Gasteiger partial charge in [-0.25, -0.2) is 0 Å². The quantitative estimate of drug-likeness (QED) is 0.500. The van der Waals surface area contributed by atoms with Gasteiger partial charge in [-0.2, -0.15) is 0 Å². The van der Waals surface area contributed by atoms with Crippen molar-refractivity contribution in [1.82, 2.24) is 5.32 Å². The topological polar surface area (TPSA) is 96.9 Å². The van der Waals surface area contributed by atoms with Crippen molar-refractivity contribution in [3.8, 4) is 22.6 Å². The highest BCUT2D eigenvalue weighted by Gasteiger charge is 2.22. The fourth-order valence-corrected chi connectivity index (χ4v) is 3.65. The predicted octanol–water partition coefficient (Wildman–Crippen LogP) is 4.41. The van der Waals surface area contributed by atoms with Gasteiger partial charge >= 0.3 is 5.97 Å². The molecule has 2 rings (SSSR count). The number of carbonyl (C=O) groups excluding carboxylic acids is 1. The lowest BCUT2D eigenvalue weighted by atomic mass is 9.91. The highest BCUT2D eigenvalue weighted by Crippen LogP contribution is 2.44. The van der Waals surface area contributed by atoms with Crippen molar-refractivity contribution in [2.24, 2.45) is 0 Å². The van der Waals surface area contributed by atoms with Crippen molar-refractivity contribution >= 4 is 23.6 Å². The van der Waals surface area contributed by atoms with Crippen molar-refractivity contribution < 1.29 is 24.2 Å². The Labute approximate surface area is 189 Å². The van der Waals surface area contributed by atoms with Gasteiger partial charge < -0.3 is 25.2 Å². The number of anilines is 1. The van der Waals surface area contributed by atoms with Gasteiger partial charge in [-0.15, -0.1) is 0 Å². The summed E-state index contributed by atoms with van der Waals surface area (Å²) in [5, 5.41) is 14.5. The first kappa shape index (κ1) is 24.8. The lowest BCUT2D eigenvalue weighted by Gasteiger charge is -2.21. The molecule has 0 atom stereocenters. The molecule has 0 saturated carbocycles. The third-order valence-corrected chi connectivity index (χ3v) is 5.09. The summed E-state index contributed by atoms with van der Waals surface area (Å²) in [6, 6.07) is 8.46. The van der Waals surface area contributed by atoms with Crippen LogP contribution >= 0.6 is 0 Å². The zero-order chi connectivity index (χ0) is 24.0. The first-order valence-electron chi connectivity index (χ1n) is 10.4. The van der Waals surface area contributed by atoms with Gasteiger partial charge in [0.25, 0.3) is 0 Å². The molecule has 0 fully saturated rings. The third kappa shape index (κ3) is 5.60. The molecule has 2 aromatic rings. The Bertz CT molecular complexity index is 1020. The van der Waals surface area contributed by atoms with Gasteiger partial charge in [0.05, 0.1) is 14.2 Å². The van der Waals surface area contributed by atoms with Crippen molar-refractivity contribution in [3.05, 3.63) is 46.5 Å². The van der Waals surface area contributed by atoms with Gasteiger partial charge in [0.15, 0.2) is 0 Å². The number of carboxylic acid groups (broad SMARTS) is 1. The Morgan fingerprint density at radius 2 is 1.62 bits per heavy atom. The van der Waals surface area contributed by atoms with Crippen molar-refractivity contribution in [3.63, 3.8) is 0 Å². The minimum atomic E-state index is -1.10. The monoisotopic (exact) mass is 440 g/mol. The van der Waals surface area contributed by atoms with E-state index in [0.29, 0.717) is 28.7 Å². The zero-order valence-corrected chi connectivity index (χ0v) is 19.8. The molecule has 7 nitrogen and oxygen atoms in total. The van der Waals surface area contributed by atoms with Crippen LogP contribution in [0.2, 0.25) is 0 Å². The van der Waals surface area contributed by atoms with Crippen molar-refractivity contribution in [2.45, 2.75) is 40.7 Å². The van der Waals surface area contributed by atoms with Gasteiger partial charge in [-0.05, 0) is 58.4 Å². The molecule has 172 valence electrons. The Morgan fingerprint density at radius 3 is 2.12 bits per heavy atom. The average molecular weight is 441 g/mol. The van der Waals surface area contributed by atoms with Gasteiger partial charge in [0, 0.05) is 39.6 Å². The molecule has 1 amide bonds. The lowest BCUT2D eigenvalue weighted by molar-refractivity contribution is -0.137. The molecule has 2 aromatic carbocycles.